The highest BCUT2D eigenvalue weighted by molar-refractivity contribution is 4.49. The molecule has 0 nitrogen and oxygen atoms in total. The van der Waals surface area contributed by atoms with Gasteiger partial charge in [0.15, 0.2) is 0 Å². The zero-order valence-corrected chi connectivity index (χ0v) is 7.11. The van der Waals surface area contributed by atoms with Crippen molar-refractivity contribution >= 4 is 0 Å². The molecule has 0 rings (SSSR count). The van der Waals surface area contributed by atoms with Gasteiger partial charge in [-0.1, -0.05) is 52.9 Å². The molecule has 0 aromatic carbocycles. The fourth-order valence-electron chi connectivity index (χ4n) is 0.947. The maximum absolute atomic E-state index is 2.34. The molecule has 0 heterocycles. The molecule has 0 saturated heterocycles. The summed E-state index contributed by atoms with van der Waals surface area (Å²) in [5, 5.41) is 0. The van der Waals surface area contributed by atoms with Crippen LogP contribution >= 0.6 is 0 Å². The Hall–Kier alpha value is 0. The van der Waals surface area contributed by atoms with Crippen molar-refractivity contribution in [2.24, 2.45) is 5.92 Å². The van der Waals surface area contributed by atoms with E-state index in [9.17, 15) is 0 Å². The second-order valence-corrected chi connectivity index (χ2v) is 3.01. The molecule has 0 unspecified atom stereocenters. The van der Waals surface area contributed by atoms with Gasteiger partial charge in [0.25, 0.3) is 0 Å². The van der Waals surface area contributed by atoms with Crippen LogP contribution in [-0.4, -0.2) is 0 Å². The highest BCUT2D eigenvalue weighted by Gasteiger charge is 1.95. The molecule has 0 bridgehead atoms. The molecule has 1 atom stereocenters. The second kappa shape index (κ2) is 6.12. The van der Waals surface area contributed by atoms with Crippen LogP contribution in [0.25, 0.3) is 0 Å². The monoisotopic (exact) mass is 128 g/mol. The fraction of sp³-hybridized carbons (Fsp3) is 1.00. The third-order valence-electron chi connectivity index (χ3n) is 2.00. The number of hydrogen-bond acceptors (Lipinski definition) is 0. The minimum atomic E-state index is 0.955. The second-order valence-electron chi connectivity index (χ2n) is 3.01. The van der Waals surface area contributed by atoms with E-state index in [0.29, 0.717) is 0 Å². The molecule has 0 aliphatic rings. The average molecular weight is 128 g/mol. The summed E-state index contributed by atoms with van der Waals surface area (Å²) in [4.78, 5) is 0. The molecular formula is C9H20. The molecule has 0 fully saturated rings. The van der Waals surface area contributed by atoms with Gasteiger partial charge in [0.05, 0.1) is 0 Å². The van der Waals surface area contributed by atoms with E-state index in [1.54, 1.807) is 0 Å². The third-order valence-corrected chi connectivity index (χ3v) is 2.00. The molecule has 0 heteroatoms. The largest absolute Gasteiger partial charge is 0.0654 e. The molecular weight excluding hydrogens is 108 g/mol. The molecule has 0 radical (unpaired) electrons. The van der Waals surface area contributed by atoms with E-state index in [0.717, 1.165) is 5.92 Å². The van der Waals surface area contributed by atoms with Gasteiger partial charge >= 0.3 is 0 Å². The van der Waals surface area contributed by atoms with Gasteiger partial charge in [-0.05, 0) is 5.92 Å². The fourth-order valence-corrected chi connectivity index (χ4v) is 0.947. The van der Waals surface area contributed by atoms with Crippen molar-refractivity contribution in [1.82, 2.24) is 0 Å². The van der Waals surface area contributed by atoms with Crippen LogP contribution < -0.4 is 0 Å². The van der Waals surface area contributed by atoms with Crippen LogP contribution in [0, 0.1) is 5.92 Å². The Morgan fingerprint density at radius 2 is 1.78 bits per heavy atom. The summed E-state index contributed by atoms with van der Waals surface area (Å²) in [6.07, 6.45) is 7.00. The Bertz CT molecular complexity index is 48.0. The molecule has 0 amide bonds. The van der Waals surface area contributed by atoms with Gasteiger partial charge < -0.3 is 0 Å². The Morgan fingerprint density at radius 3 is 2.22 bits per heavy atom. The Kier molecular flexibility index (Phi) is 6.12. The van der Waals surface area contributed by atoms with E-state index in [1.807, 2.05) is 0 Å². The highest BCUT2D eigenvalue weighted by Crippen LogP contribution is 2.11. The van der Waals surface area contributed by atoms with Crippen LogP contribution in [0.1, 0.15) is 52.9 Å². The SMILES string of the molecule is CCCCC[C@@H](C)CC. The lowest BCUT2D eigenvalue weighted by Gasteiger charge is -2.05. The molecule has 0 aliphatic heterocycles. The highest BCUT2D eigenvalue weighted by atomic mass is 14.0. The lowest BCUT2D eigenvalue weighted by molar-refractivity contribution is 0.482. The van der Waals surface area contributed by atoms with E-state index in [4.69, 9.17) is 0 Å². The minimum absolute atomic E-state index is 0.955. The summed E-state index contributed by atoms with van der Waals surface area (Å²) in [6.45, 7) is 6.88. The van der Waals surface area contributed by atoms with Crippen LogP contribution in [0.4, 0.5) is 0 Å². The standard InChI is InChI=1S/C9H20/c1-4-6-7-8-9(3)5-2/h9H,4-8H2,1-3H3/t9-/m0/s1. The normalized spacial score (nSPS) is 13.7. The van der Waals surface area contributed by atoms with Gasteiger partial charge in [-0.3, -0.25) is 0 Å². The summed E-state index contributed by atoms with van der Waals surface area (Å²) < 4.78 is 0. The number of unbranched alkanes of at least 4 members (excludes halogenated alkanes) is 2. The average Bonchev–Trinajstić information content (AvgIpc) is 1.89. The quantitative estimate of drug-likeness (QED) is 0.496. The zero-order valence-electron chi connectivity index (χ0n) is 7.11. The number of hydrogen-bond donors (Lipinski definition) is 0. The molecule has 0 aliphatic carbocycles. The Balaban J connectivity index is 2.88. The summed E-state index contributed by atoms with van der Waals surface area (Å²) >= 11 is 0. The van der Waals surface area contributed by atoms with Gasteiger partial charge in [-0.15, -0.1) is 0 Å². The van der Waals surface area contributed by atoms with Crippen molar-refractivity contribution < 1.29 is 0 Å². The first kappa shape index (κ1) is 9.00. The molecule has 0 aromatic heterocycles. The maximum atomic E-state index is 2.34. The van der Waals surface area contributed by atoms with Gasteiger partial charge in [0, 0.05) is 0 Å². The minimum Gasteiger partial charge on any atom is -0.0654 e. The van der Waals surface area contributed by atoms with Gasteiger partial charge in [-0.25, -0.2) is 0 Å². The van der Waals surface area contributed by atoms with E-state index < -0.39 is 0 Å². The van der Waals surface area contributed by atoms with Crippen LogP contribution in [-0.2, 0) is 0 Å². The molecule has 0 saturated carbocycles. The Morgan fingerprint density at radius 1 is 1.11 bits per heavy atom. The predicted molar refractivity (Wildman–Crippen MR) is 43.6 cm³/mol. The van der Waals surface area contributed by atoms with Crippen molar-refractivity contribution in [3.63, 3.8) is 0 Å². The summed E-state index contributed by atoms with van der Waals surface area (Å²) in [5.74, 6) is 0.955. The first-order valence-electron chi connectivity index (χ1n) is 4.31. The predicted octanol–water partition coefficient (Wildman–Crippen LogP) is 3.61. The summed E-state index contributed by atoms with van der Waals surface area (Å²) in [7, 11) is 0. The van der Waals surface area contributed by atoms with Crippen molar-refractivity contribution in [2.45, 2.75) is 52.9 Å². The topological polar surface area (TPSA) is 0 Å². The number of rotatable bonds is 5. The van der Waals surface area contributed by atoms with Crippen LogP contribution in [0.15, 0.2) is 0 Å². The van der Waals surface area contributed by atoms with Crippen molar-refractivity contribution in [3.05, 3.63) is 0 Å². The third kappa shape index (κ3) is 5.88. The van der Waals surface area contributed by atoms with E-state index in [-0.39, 0.29) is 0 Å². The van der Waals surface area contributed by atoms with Gasteiger partial charge in [0.1, 0.15) is 0 Å². The molecule has 0 N–H and O–H groups in total. The first-order valence-corrected chi connectivity index (χ1v) is 4.31. The summed E-state index contributed by atoms with van der Waals surface area (Å²) in [6, 6.07) is 0. The molecule has 0 spiro atoms. The molecule has 9 heavy (non-hydrogen) atoms. The first-order chi connectivity index (χ1) is 4.31. The van der Waals surface area contributed by atoms with E-state index in [2.05, 4.69) is 20.8 Å². The smallest absolute Gasteiger partial charge is 0.0445 e. The van der Waals surface area contributed by atoms with Crippen molar-refractivity contribution in [2.75, 3.05) is 0 Å². The Labute approximate surface area is 59.7 Å². The van der Waals surface area contributed by atoms with Gasteiger partial charge in [0.2, 0.25) is 0 Å². The maximum Gasteiger partial charge on any atom is -0.0445 e. The van der Waals surface area contributed by atoms with Crippen LogP contribution in [0.2, 0.25) is 0 Å². The van der Waals surface area contributed by atoms with Crippen LogP contribution in [0.3, 0.4) is 0 Å². The molecule has 0 aromatic rings. The van der Waals surface area contributed by atoms with E-state index >= 15 is 0 Å². The van der Waals surface area contributed by atoms with Crippen molar-refractivity contribution in [3.8, 4) is 0 Å². The van der Waals surface area contributed by atoms with Crippen molar-refractivity contribution in [1.29, 1.82) is 0 Å². The van der Waals surface area contributed by atoms with Gasteiger partial charge in [-0.2, -0.15) is 0 Å². The summed E-state index contributed by atoms with van der Waals surface area (Å²) in [5.41, 5.74) is 0. The zero-order chi connectivity index (χ0) is 7.11. The van der Waals surface area contributed by atoms with E-state index in [1.165, 1.54) is 32.1 Å². The lowest BCUT2D eigenvalue weighted by atomic mass is 10.0. The van der Waals surface area contributed by atoms with Crippen LogP contribution in [0.5, 0.6) is 0 Å². The molecule has 56 valence electrons. The lowest BCUT2D eigenvalue weighted by Crippen LogP contribution is -1.90.